The molecule has 72 valence electrons. The number of hydrogen-bond donors (Lipinski definition) is 1. The molecular formula is C10H8ClNOS. The van der Waals surface area contributed by atoms with E-state index in [2.05, 4.69) is 4.98 Å². The molecule has 4 heteroatoms. The maximum atomic E-state index is 9.93. The molecule has 2 heterocycles. The maximum Gasteiger partial charge on any atom is 0.132 e. The minimum atomic E-state index is -0.719. The van der Waals surface area contributed by atoms with Crippen molar-refractivity contribution in [3.63, 3.8) is 0 Å². The Morgan fingerprint density at radius 3 is 2.86 bits per heavy atom. The van der Waals surface area contributed by atoms with E-state index < -0.39 is 6.10 Å². The Kier molecular flexibility index (Phi) is 2.82. The van der Waals surface area contributed by atoms with Gasteiger partial charge in [0.2, 0.25) is 0 Å². The number of aliphatic hydroxyl groups excluding tert-OH is 1. The van der Waals surface area contributed by atoms with Gasteiger partial charge in [-0.3, -0.25) is 4.98 Å². The van der Waals surface area contributed by atoms with Crippen molar-refractivity contribution < 1.29 is 5.11 Å². The van der Waals surface area contributed by atoms with Crippen LogP contribution in [-0.4, -0.2) is 10.1 Å². The van der Waals surface area contributed by atoms with Gasteiger partial charge in [-0.2, -0.15) is 0 Å². The lowest BCUT2D eigenvalue weighted by Gasteiger charge is -2.08. The summed E-state index contributed by atoms with van der Waals surface area (Å²) in [4.78, 5) is 4.91. The molecule has 0 aromatic carbocycles. The second-order valence-electron chi connectivity index (χ2n) is 2.79. The number of aliphatic hydroxyl groups is 1. The highest BCUT2D eigenvalue weighted by molar-refractivity contribution is 7.10. The Morgan fingerprint density at radius 1 is 1.36 bits per heavy atom. The Balaban J connectivity index is 2.37. The molecule has 0 spiro atoms. The van der Waals surface area contributed by atoms with Crippen LogP contribution in [0.15, 0.2) is 35.8 Å². The number of hydrogen-bond acceptors (Lipinski definition) is 3. The van der Waals surface area contributed by atoms with Gasteiger partial charge in [0.15, 0.2) is 0 Å². The number of rotatable bonds is 2. The van der Waals surface area contributed by atoms with E-state index in [0.29, 0.717) is 10.7 Å². The lowest BCUT2D eigenvalue weighted by molar-refractivity contribution is 0.219. The largest absolute Gasteiger partial charge is 0.381 e. The van der Waals surface area contributed by atoms with Crippen LogP contribution in [-0.2, 0) is 0 Å². The molecule has 0 aliphatic carbocycles. The van der Waals surface area contributed by atoms with Crippen LogP contribution in [0, 0.1) is 0 Å². The van der Waals surface area contributed by atoms with Crippen LogP contribution in [0.2, 0.25) is 5.02 Å². The molecule has 0 aliphatic rings. The highest BCUT2D eigenvalue weighted by Gasteiger charge is 2.15. The molecule has 1 N–H and O–H groups in total. The molecule has 0 saturated heterocycles. The summed E-state index contributed by atoms with van der Waals surface area (Å²) in [5.74, 6) is 0. The van der Waals surface area contributed by atoms with Gasteiger partial charge in [-0.15, -0.1) is 11.3 Å². The second kappa shape index (κ2) is 4.09. The lowest BCUT2D eigenvalue weighted by atomic mass is 10.2. The van der Waals surface area contributed by atoms with Gasteiger partial charge in [-0.25, -0.2) is 0 Å². The van der Waals surface area contributed by atoms with E-state index in [1.54, 1.807) is 18.3 Å². The molecule has 2 rings (SSSR count). The summed E-state index contributed by atoms with van der Waals surface area (Å²) in [5, 5.41) is 12.3. The van der Waals surface area contributed by atoms with Crippen LogP contribution < -0.4 is 0 Å². The predicted molar refractivity (Wildman–Crippen MR) is 57.6 cm³/mol. The fourth-order valence-electron chi connectivity index (χ4n) is 1.18. The molecule has 1 unspecified atom stereocenters. The van der Waals surface area contributed by atoms with Gasteiger partial charge >= 0.3 is 0 Å². The molecule has 2 aromatic heterocycles. The van der Waals surface area contributed by atoms with Crippen LogP contribution in [0.1, 0.15) is 16.7 Å². The molecule has 1 atom stereocenters. The van der Waals surface area contributed by atoms with Crippen molar-refractivity contribution in [3.8, 4) is 0 Å². The molecule has 0 aliphatic heterocycles. The Labute approximate surface area is 90.8 Å². The molecule has 0 saturated carbocycles. The third kappa shape index (κ3) is 1.80. The molecule has 0 radical (unpaired) electrons. The van der Waals surface area contributed by atoms with Crippen molar-refractivity contribution in [3.05, 3.63) is 51.4 Å². The summed E-state index contributed by atoms with van der Waals surface area (Å²) in [6.07, 6.45) is 0.904. The van der Waals surface area contributed by atoms with E-state index in [1.165, 1.54) is 11.3 Å². The minimum Gasteiger partial charge on any atom is -0.381 e. The van der Waals surface area contributed by atoms with Crippen molar-refractivity contribution >= 4 is 22.9 Å². The van der Waals surface area contributed by atoms with Gasteiger partial charge < -0.3 is 5.11 Å². The third-order valence-corrected chi connectivity index (χ3v) is 3.10. The lowest BCUT2D eigenvalue weighted by Crippen LogP contribution is -2.00. The highest BCUT2D eigenvalue weighted by atomic mass is 35.5. The average Bonchev–Trinajstić information content (AvgIpc) is 2.70. The molecular weight excluding hydrogens is 218 g/mol. The second-order valence-corrected chi connectivity index (χ2v) is 4.17. The van der Waals surface area contributed by atoms with Crippen LogP contribution in [0.3, 0.4) is 0 Å². The number of nitrogens with zero attached hydrogens (tertiary/aromatic N) is 1. The van der Waals surface area contributed by atoms with Crippen molar-refractivity contribution in [1.82, 2.24) is 4.98 Å². The predicted octanol–water partition coefficient (Wildman–Crippen LogP) is 2.88. The van der Waals surface area contributed by atoms with E-state index >= 15 is 0 Å². The van der Waals surface area contributed by atoms with Gasteiger partial charge in [0.25, 0.3) is 0 Å². The van der Waals surface area contributed by atoms with Crippen molar-refractivity contribution in [2.75, 3.05) is 0 Å². The summed E-state index contributed by atoms with van der Waals surface area (Å²) >= 11 is 7.40. The van der Waals surface area contributed by atoms with Gasteiger partial charge in [0.05, 0.1) is 10.7 Å². The van der Waals surface area contributed by atoms with Crippen molar-refractivity contribution in [1.29, 1.82) is 0 Å². The number of aromatic nitrogens is 1. The van der Waals surface area contributed by atoms with Gasteiger partial charge in [-0.05, 0) is 23.6 Å². The summed E-state index contributed by atoms with van der Waals surface area (Å²) in [6.45, 7) is 0. The zero-order valence-electron chi connectivity index (χ0n) is 7.22. The molecule has 0 bridgehead atoms. The monoisotopic (exact) mass is 225 g/mol. The van der Waals surface area contributed by atoms with Crippen LogP contribution in [0.4, 0.5) is 0 Å². The zero-order valence-corrected chi connectivity index (χ0v) is 8.79. The molecule has 14 heavy (non-hydrogen) atoms. The van der Waals surface area contributed by atoms with E-state index in [0.717, 1.165) is 4.88 Å². The first kappa shape index (κ1) is 9.65. The zero-order chi connectivity index (χ0) is 9.97. The van der Waals surface area contributed by atoms with E-state index in [4.69, 9.17) is 11.6 Å². The summed E-state index contributed by atoms with van der Waals surface area (Å²) in [6, 6.07) is 7.22. The van der Waals surface area contributed by atoms with Gasteiger partial charge in [0.1, 0.15) is 6.10 Å². The first-order chi connectivity index (χ1) is 6.79. The topological polar surface area (TPSA) is 33.1 Å². The average molecular weight is 226 g/mol. The number of halogens is 1. The molecule has 2 nitrogen and oxygen atoms in total. The molecule has 0 amide bonds. The van der Waals surface area contributed by atoms with E-state index in [1.807, 2.05) is 17.5 Å². The number of thiophene rings is 1. The maximum absolute atomic E-state index is 9.93. The highest BCUT2D eigenvalue weighted by Crippen LogP contribution is 2.28. The van der Waals surface area contributed by atoms with Crippen LogP contribution in [0.5, 0.6) is 0 Å². The first-order valence-corrected chi connectivity index (χ1v) is 5.36. The van der Waals surface area contributed by atoms with Gasteiger partial charge in [-0.1, -0.05) is 17.7 Å². The van der Waals surface area contributed by atoms with Crippen LogP contribution >= 0.6 is 22.9 Å². The summed E-state index contributed by atoms with van der Waals surface area (Å²) < 4.78 is 0. The van der Waals surface area contributed by atoms with Gasteiger partial charge in [0, 0.05) is 11.1 Å². The Morgan fingerprint density at radius 2 is 2.21 bits per heavy atom. The number of pyridine rings is 1. The van der Waals surface area contributed by atoms with Crippen molar-refractivity contribution in [2.45, 2.75) is 6.10 Å². The van der Waals surface area contributed by atoms with Crippen molar-refractivity contribution in [2.24, 2.45) is 0 Å². The Hall–Kier alpha value is -0.900. The SMILES string of the molecule is OC(c1cccs1)c1ncccc1Cl. The van der Waals surface area contributed by atoms with E-state index in [9.17, 15) is 5.11 Å². The molecule has 0 fully saturated rings. The first-order valence-electron chi connectivity index (χ1n) is 4.11. The third-order valence-electron chi connectivity index (χ3n) is 1.86. The summed E-state index contributed by atoms with van der Waals surface area (Å²) in [7, 11) is 0. The standard InChI is InChI=1S/C10H8ClNOS/c11-7-3-1-5-12-9(7)10(13)8-4-2-6-14-8/h1-6,10,13H. The Bertz CT molecular complexity index is 416. The van der Waals surface area contributed by atoms with E-state index in [-0.39, 0.29) is 0 Å². The quantitative estimate of drug-likeness (QED) is 0.853. The fourth-order valence-corrected chi connectivity index (χ4v) is 2.12. The molecule has 2 aromatic rings. The smallest absolute Gasteiger partial charge is 0.132 e. The fraction of sp³-hybridized carbons (Fsp3) is 0.100. The summed E-state index contributed by atoms with van der Waals surface area (Å²) in [5.41, 5.74) is 0.511. The normalized spacial score (nSPS) is 12.7. The minimum absolute atomic E-state index is 0.494. The van der Waals surface area contributed by atoms with Crippen LogP contribution in [0.25, 0.3) is 0 Å².